The van der Waals surface area contributed by atoms with Gasteiger partial charge in [-0.1, -0.05) is 20.3 Å². The summed E-state index contributed by atoms with van der Waals surface area (Å²) in [6, 6.07) is 0.311. The summed E-state index contributed by atoms with van der Waals surface area (Å²) in [5.41, 5.74) is 6.19. The Hall–Kier alpha value is -1.59. The maximum Gasteiger partial charge on any atom is 0.323 e. The number of rotatable bonds is 4. The molecule has 1 saturated heterocycles. The topological polar surface area (TPSA) is 77.2 Å². The van der Waals surface area contributed by atoms with E-state index in [4.69, 9.17) is 10.5 Å². The molecule has 0 amide bonds. The van der Waals surface area contributed by atoms with E-state index in [0.717, 1.165) is 25.9 Å². The normalized spacial score (nSPS) is 18.4. The van der Waals surface area contributed by atoms with E-state index in [1.807, 2.05) is 13.8 Å². The quantitative estimate of drug-likeness (QED) is 0.911. The summed E-state index contributed by atoms with van der Waals surface area (Å²) in [6.45, 7) is 10.4. The number of nitrogens with zero attached hydrogens (tertiary/aromatic N) is 4. The van der Waals surface area contributed by atoms with Crippen LogP contribution in [0.4, 0.5) is 11.9 Å². The van der Waals surface area contributed by atoms with Gasteiger partial charge in [-0.15, -0.1) is 0 Å². The maximum absolute atomic E-state index is 5.75. The summed E-state index contributed by atoms with van der Waals surface area (Å²) in [7, 11) is 0. The predicted octanol–water partition coefficient (Wildman–Crippen LogP) is 2.26. The van der Waals surface area contributed by atoms with Gasteiger partial charge < -0.3 is 15.4 Å². The number of piperidine rings is 1. The summed E-state index contributed by atoms with van der Waals surface area (Å²) in [4.78, 5) is 14.8. The molecule has 0 bridgehead atoms. The first-order valence-electron chi connectivity index (χ1n) is 7.35. The number of aromatic nitrogens is 3. The maximum atomic E-state index is 5.75. The largest absolute Gasteiger partial charge is 0.461 e. The van der Waals surface area contributed by atoms with Gasteiger partial charge in [0.25, 0.3) is 0 Å². The third kappa shape index (κ3) is 3.49. The van der Waals surface area contributed by atoms with E-state index < -0.39 is 0 Å². The lowest BCUT2D eigenvalue weighted by Crippen LogP contribution is -2.39. The van der Waals surface area contributed by atoms with E-state index in [1.165, 1.54) is 6.42 Å². The van der Waals surface area contributed by atoms with Crippen LogP contribution in [0.3, 0.4) is 0 Å². The molecule has 20 heavy (non-hydrogen) atoms. The molecule has 1 aliphatic rings. The van der Waals surface area contributed by atoms with Gasteiger partial charge in [-0.2, -0.15) is 15.0 Å². The molecular weight excluding hydrogens is 254 g/mol. The van der Waals surface area contributed by atoms with Gasteiger partial charge in [-0.05, 0) is 32.1 Å². The molecule has 112 valence electrons. The van der Waals surface area contributed by atoms with Crippen molar-refractivity contribution in [1.29, 1.82) is 0 Å². The van der Waals surface area contributed by atoms with Crippen LogP contribution >= 0.6 is 0 Å². The summed E-state index contributed by atoms with van der Waals surface area (Å²) < 4.78 is 5.52. The van der Waals surface area contributed by atoms with Gasteiger partial charge in [0.15, 0.2) is 0 Å². The highest BCUT2D eigenvalue weighted by Gasteiger charge is 2.29. The highest BCUT2D eigenvalue weighted by Crippen LogP contribution is 2.35. The minimum absolute atomic E-state index is 0.0226. The van der Waals surface area contributed by atoms with Crippen LogP contribution in [-0.2, 0) is 0 Å². The Kier molecular flexibility index (Phi) is 4.30. The minimum atomic E-state index is 0.0226. The van der Waals surface area contributed by atoms with Gasteiger partial charge in [0, 0.05) is 13.1 Å². The molecule has 6 nitrogen and oxygen atoms in total. The number of anilines is 2. The number of nitrogens with two attached hydrogens (primary N) is 1. The molecule has 0 aliphatic carbocycles. The molecule has 1 aromatic rings. The number of nitrogen functional groups attached to an aromatic ring is 1. The van der Waals surface area contributed by atoms with Crippen molar-refractivity contribution >= 4 is 11.9 Å². The fraction of sp³-hybridized carbons (Fsp3) is 0.786. The first-order chi connectivity index (χ1) is 9.42. The smallest absolute Gasteiger partial charge is 0.323 e. The molecule has 0 spiro atoms. The van der Waals surface area contributed by atoms with Crippen LogP contribution in [0.1, 0.15) is 47.0 Å². The number of hydrogen-bond donors (Lipinski definition) is 1. The fourth-order valence-electron chi connectivity index (χ4n) is 2.37. The zero-order valence-electron chi connectivity index (χ0n) is 12.9. The fourth-order valence-corrected chi connectivity index (χ4v) is 2.37. The van der Waals surface area contributed by atoms with Crippen molar-refractivity contribution in [3.63, 3.8) is 0 Å². The summed E-state index contributed by atoms with van der Waals surface area (Å²) in [5.74, 6) is 0.848. The average molecular weight is 279 g/mol. The lowest BCUT2D eigenvalue weighted by atomic mass is 9.78. The van der Waals surface area contributed by atoms with Crippen molar-refractivity contribution in [2.24, 2.45) is 5.41 Å². The molecule has 1 aliphatic heterocycles. The molecule has 0 aromatic carbocycles. The van der Waals surface area contributed by atoms with Crippen molar-refractivity contribution in [3.05, 3.63) is 0 Å². The van der Waals surface area contributed by atoms with Crippen molar-refractivity contribution in [2.45, 2.75) is 53.1 Å². The number of hydrogen-bond acceptors (Lipinski definition) is 6. The zero-order chi connectivity index (χ0) is 14.8. The van der Waals surface area contributed by atoms with Gasteiger partial charge in [0.1, 0.15) is 0 Å². The van der Waals surface area contributed by atoms with Gasteiger partial charge in [0.05, 0.1) is 6.10 Å². The lowest BCUT2D eigenvalue weighted by molar-refractivity contribution is 0.220. The molecule has 0 radical (unpaired) electrons. The minimum Gasteiger partial charge on any atom is -0.461 e. The molecule has 2 heterocycles. The average Bonchev–Trinajstić information content (AvgIpc) is 2.38. The molecule has 1 fully saturated rings. The second-order valence-corrected chi connectivity index (χ2v) is 6.09. The van der Waals surface area contributed by atoms with Crippen LogP contribution in [0, 0.1) is 5.41 Å². The van der Waals surface area contributed by atoms with Crippen LogP contribution in [0.2, 0.25) is 0 Å². The summed E-state index contributed by atoms with van der Waals surface area (Å²) in [6.07, 6.45) is 3.53. The Morgan fingerprint density at radius 2 is 1.90 bits per heavy atom. The second-order valence-electron chi connectivity index (χ2n) is 6.09. The molecular formula is C14H25N5O. The highest BCUT2D eigenvalue weighted by molar-refractivity contribution is 5.36. The van der Waals surface area contributed by atoms with Crippen molar-refractivity contribution in [3.8, 4) is 6.01 Å². The first-order valence-corrected chi connectivity index (χ1v) is 7.35. The Balaban J connectivity index is 2.11. The molecule has 6 heteroatoms. The number of ether oxygens (including phenoxy) is 1. The molecule has 0 atom stereocenters. The van der Waals surface area contributed by atoms with E-state index in [9.17, 15) is 0 Å². The Labute approximate surface area is 120 Å². The van der Waals surface area contributed by atoms with Crippen LogP contribution in [0.5, 0.6) is 6.01 Å². The van der Waals surface area contributed by atoms with E-state index in [0.29, 0.717) is 17.4 Å². The molecule has 2 N–H and O–H groups in total. The van der Waals surface area contributed by atoms with Crippen LogP contribution in [-0.4, -0.2) is 34.1 Å². The predicted molar refractivity (Wildman–Crippen MR) is 79.8 cm³/mol. The van der Waals surface area contributed by atoms with Gasteiger partial charge in [0.2, 0.25) is 11.9 Å². The van der Waals surface area contributed by atoms with Crippen molar-refractivity contribution < 1.29 is 4.74 Å². The SMILES string of the molecule is CCC1(C)CCN(c2nc(N)nc(OC(C)C)n2)CC1. The molecule has 0 saturated carbocycles. The third-order valence-corrected chi connectivity index (χ3v) is 4.07. The van der Waals surface area contributed by atoms with Crippen molar-refractivity contribution in [2.75, 3.05) is 23.7 Å². The van der Waals surface area contributed by atoms with Gasteiger partial charge in [-0.25, -0.2) is 0 Å². The Morgan fingerprint density at radius 1 is 1.25 bits per heavy atom. The lowest BCUT2D eigenvalue weighted by Gasteiger charge is -2.38. The zero-order valence-corrected chi connectivity index (χ0v) is 12.9. The molecule has 2 rings (SSSR count). The van der Waals surface area contributed by atoms with Gasteiger partial charge in [-0.3, -0.25) is 0 Å². The third-order valence-electron chi connectivity index (χ3n) is 4.07. The molecule has 1 aromatic heterocycles. The Bertz CT molecular complexity index is 455. The van der Waals surface area contributed by atoms with Crippen LogP contribution in [0.15, 0.2) is 0 Å². The van der Waals surface area contributed by atoms with Crippen LogP contribution < -0.4 is 15.4 Å². The molecule has 0 unspecified atom stereocenters. The van der Waals surface area contributed by atoms with Crippen LogP contribution in [0.25, 0.3) is 0 Å². The summed E-state index contributed by atoms with van der Waals surface area (Å²) in [5, 5.41) is 0. The van der Waals surface area contributed by atoms with Crippen molar-refractivity contribution in [1.82, 2.24) is 15.0 Å². The summed E-state index contributed by atoms with van der Waals surface area (Å²) >= 11 is 0. The Morgan fingerprint density at radius 3 is 2.45 bits per heavy atom. The van der Waals surface area contributed by atoms with Gasteiger partial charge >= 0.3 is 6.01 Å². The van der Waals surface area contributed by atoms with E-state index in [-0.39, 0.29) is 12.1 Å². The first kappa shape index (κ1) is 14.8. The van der Waals surface area contributed by atoms with E-state index in [1.54, 1.807) is 0 Å². The standard InChI is InChI=1S/C14H25N5O/c1-5-14(4)6-8-19(9-7-14)12-16-11(15)17-13(18-12)20-10(2)3/h10H,5-9H2,1-4H3,(H2,15,16,17,18). The second kappa shape index (κ2) is 5.81. The highest BCUT2D eigenvalue weighted by atomic mass is 16.5. The van der Waals surface area contributed by atoms with E-state index in [2.05, 4.69) is 33.7 Å². The monoisotopic (exact) mass is 279 g/mol. The van der Waals surface area contributed by atoms with E-state index >= 15 is 0 Å².